The Hall–Kier alpha value is -2.44. The van der Waals surface area contributed by atoms with E-state index in [9.17, 15) is 0 Å². The molecule has 1 saturated carbocycles. The molecule has 0 amide bonds. The normalized spacial score (nSPS) is 18.0. The van der Waals surface area contributed by atoms with Crippen LogP contribution in [0.1, 0.15) is 30.3 Å². The Balaban J connectivity index is 1.53. The second-order valence-corrected chi connectivity index (χ2v) is 6.15. The first-order valence-corrected chi connectivity index (χ1v) is 7.73. The lowest BCUT2D eigenvalue weighted by molar-refractivity contribution is 0.639. The highest BCUT2D eigenvalue weighted by Crippen LogP contribution is 2.38. The van der Waals surface area contributed by atoms with Gasteiger partial charge in [0, 0.05) is 31.7 Å². The minimum absolute atomic E-state index is 0.701. The molecular weight excluding hydrogens is 278 g/mol. The van der Waals surface area contributed by atoms with Crippen LogP contribution in [0.5, 0.6) is 0 Å². The van der Waals surface area contributed by atoms with E-state index in [4.69, 9.17) is 0 Å². The fourth-order valence-electron chi connectivity index (χ4n) is 3.38. The SMILES string of the molecule is Cn1ncc2c(N3CCc4c(ncn4C4CC4)C3)ncnc21. The maximum absolute atomic E-state index is 4.64. The van der Waals surface area contributed by atoms with Crippen LogP contribution in [-0.4, -0.2) is 35.8 Å². The van der Waals surface area contributed by atoms with Gasteiger partial charge < -0.3 is 9.47 Å². The molecular formula is C15H17N7. The molecule has 0 unspecified atom stereocenters. The van der Waals surface area contributed by atoms with Gasteiger partial charge in [0.05, 0.1) is 30.1 Å². The number of imidazole rings is 1. The number of rotatable bonds is 2. The molecule has 1 aliphatic heterocycles. The zero-order chi connectivity index (χ0) is 14.7. The van der Waals surface area contributed by atoms with Crippen molar-refractivity contribution in [1.29, 1.82) is 0 Å². The van der Waals surface area contributed by atoms with Crippen molar-refractivity contribution in [1.82, 2.24) is 29.3 Å². The maximum atomic E-state index is 4.64. The highest BCUT2D eigenvalue weighted by Gasteiger charge is 2.30. The summed E-state index contributed by atoms with van der Waals surface area (Å²) in [5, 5.41) is 5.31. The average molecular weight is 295 g/mol. The summed E-state index contributed by atoms with van der Waals surface area (Å²) in [6, 6.07) is 0.701. The van der Waals surface area contributed by atoms with Crippen molar-refractivity contribution in [2.45, 2.75) is 31.8 Å². The van der Waals surface area contributed by atoms with Crippen molar-refractivity contribution in [3.8, 4) is 0 Å². The topological polar surface area (TPSA) is 64.7 Å². The summed E-state index contributed by atoms with van der Waals surface area (Å²) in [6.45, 7) is 1.78. The standard InChI is InChI=1S/C15H17N7/c1-20-14-11(6-19-20)15(17-8-16-14)21-5-4-13-12(7-21)18-9-22(13)10-2-3-10/h6,8-10H,2-5,7H2,1H3. The monoisotopic (exact) mass is 295 g/mol. The number of hydrogen-bond acceptors (Lipinski definition) is 5. The van der Waals surface area contributed by atoms with Gasteiger partial charge in [-0.3, -0.25) is 4.68 Å². The molecule has 0 aromatic carbocycles. The molecule has 0 spiro atoms. The summed E-state index contributed by atoms with van der Waals surface area (Å²) in [4.78, 5) is 15.7. The van der Waals surface area contributed by atoms with Crippen LogP contribution in [0, 0.1) is 0 Å². The van der Waals surface area contributed by atoms with Crippen molar-refractivity contribution >= 4 is 16.9 Å². The van der Waals surface area contributed by atoms with Gasteiger partial charge in [-0.2, -0.15) is 5.10 Å². The third kappa shape index (κ3) is 1.68. The molecule has 0 radical (unpaired) electrons. The van der Waals surface area contributed by atoms with E-state index in [2.05, 4.69) is 29.5 Å². The van der Waals surface area contributed by atoms with Gasteiger partial charge in [-0.25, -0.2) is 15.0 Å². The fraction of sp³-hybridized carbons (Fsp3) is 0.467. The molecule has 5 rings (SSSR count). The summed E-state index contributed by atoms with van der Waals surface area (Å²) in [7, 11) is 1.91. The van der Waals surface area contributed by atoms with Crippen molar-refractivity contribution in [2.75, 3.05) is 11.4 Å². The van der Waals surface area contributed by atoms with Gasteiger partial charge in [0.1, 0.15) is 12.1 Å². The average Bonchev–Trinajstić information content (AvgIpc) is 3.20. The number of aryl methyl sites for hydroxylation is 1. The Morgan fingerprint density at radius 1 is 1.18 bits per heavy atom. The first kappa shape index (κ1) is 12.1. The Morgan fingerprint density at radius 2 is 2.09 bits per heavy atom. The highest BCUT2D eigenvalue weighted by atomic mass is 15.3. The van der Waals surface area contributed by atoms with Gasteiger partial charge in [0.2, 0.25) is 0 Å². The van der Waals surface area contributed by atoms with E-state index in [1.807, 2.05) is 19.6 Å². The van der Waals surface area contributed by atoms with Gasteiger partial charge in [-0.05, 0) is 12.8 Å². The van der Waals surface area contributed by atoms with Crippen LogP contribution < -0.4 is 4.90 Å². The second kappa shape index (κ2) is 4.28. The molecule has 0 bridgehead atoms. The lowest BCUT2D eigenvalue weighted by atomic mass is 10.1. The van der Waals surface area contributed by atoms with E-state index in [-0.39, 0.29) is 0 Å². The molecule has 4 heterocycles. The van der Waals surface area contributed by atoms with E-state index < -0.39 is 0 Å². The van der Waals surface area contributed by atoms with E-state index in [0.717, 1.165) is 36.4 Å². The Bertz CT molecular complexity index is 858. The van der Waals surface area contributed by atoms with E-state index in [1.54, 1.807) is 11.0 Å². The molecule has 0 saturated heterocycles. The first-order chi connectivity index (χ1) is 10.8. The molecule has 1 fully saturated rings. The third-order valence-electron chi connectivity index (χ3n) is 4.69. The molecule has 112 valence electrons. The Kier molecular flexibility index (Phi) is 2.36. The second-order valence-electron chi connectivity index (χ2n) is 6.15. The van der Waals surface area contributed by atoms with Gasteiger partial charge in [0.15, 0.2) is 5.65 Å². The number of aromatic nitrogens is 6. The Morgan fingerprint density at radius 3 is 2.95 bits per heavy atom. The van der Waals surface area contributed by atoms with Crippen molar-refractivity contribution in [3.05, 3.63) is 30.2 Å². The van der Waals surface area contributed by atoms with Crippen LogP contribution >= 0.6 is 0 Å². The number of nitrogens with zero attached hydrogens (tertiary/aromatic N) is 7. The summed E-state index contributed by atoms with van der Waals surface area (Å²) < 4.78 is 4.17. The highest BCUT2D eigenvalue weighted by molar-refractivity contribution is 5.86. The van der Waals surface area contributed by atoms with Crippen LogP contribution in [0.25, 0.3) is 11.0 Å². The van der Waals surface area contributed by atoms with Crippen LogP contribution in [-0.2, 0) is 20.0 Å². The molecule has 0 atom stereocenters. The maximum Gasteiger partial charge on any atom is 0.163 e. The van der Waals surface area contributed by atoms with Crippen LogP contribution in [0.4, 0.5) is 5.82 Å². The summed E-state index contributed by atoms with van der Waals surface area (Å²) in [5.74, 6) is 0.963. The quantitative estimate of drug-likeness (QED) is 0.716. The van der Waals surface area contributed by atoms with Crippen molar-refractivity contribution in [2.24, 2.45) is 7.05 Å². The molecule has 7 heteroatoms. The van der Waals surface area contributed by atoms with E-state index in [0.29, 0.717) is 6.04 Å². The molecule has 7 nitrogen and oxygen atoms in total. The predicted octanol–water partition coefficient (Wildman–Crippen LogP) is 1.46. The minimum Gasteiger partial charge on any atom is -0.350 e. The third-order valence-corrected chi connectivity index (χ3v) is 4.69. The lowest BCUT2D eigenvalue weighted by Crippen LogP contribution is -2.32. The summed E-state index contributed by atoms with van der Waals surface area (Å²) >= 11 is 0. The van der Waals surface area contributed by atoms with Crippen molar-refractivity contribution < 1.29 is 0 Å². The first-order valence-electron chi connectivity index (χ1n) is 7.73. The summed E-state index contributed by atoms with van der Waals surface area (Å²) in [6.07, 6.45) is 9.12. The zero-order valence-corrected chi connectivity index (χ0v) is 12.5. The molecule has 22 heavy (non-hydrogen) atoms. The van der Waals surface area contributed by atoms with Crippen LogP contribution in [0.15, 0.2) is 18.9 Å². The molecule has 3 aromatic heterocycles. The summed E-state index contributed by atoms with van der Waals surface area (Å²) in [5.41, 5.74) is 3.48. The predicted molar refractivity (Wildman–Crippen MR) is 81.6 cm³/mol. The number of anilines is 1. The number of hydrogen-bond donors (Lipinski definition) is 0. The van der Waals surface area contributed by atoms with Gasteiger partial charge in [0.25, 0.3) is 0 Å². The molecule has 2 aliphatic rings. The zero-order valence-electron chi connectivity index (χ0n) is 12.5. The Labute approximate surface area is 127 Å². The van der Waals surface area contributed by atoms with E-state index in [1.165, 1.54) is 24.2 Å². The van der Waals surface area contributed by atoms with Gasteiger partial charge in [-0.1, -0.05) is 0 Å². The lowest BCUT2D eigenvalue weighted by Gasteiger charge is -2.28. The number of fused-ring (bicyclic) bond motifs is 2. The molecule has 1 aliphatic carbocycles. The fourth-order valence-corrected chi connectivity index (χ4v) is 3.38. The van der Waals surface area contributed by atoms with Gasteiger partial charge in [-0.15, -0.1) is 0 Å². The minimum atomic E-state index is 0.701. The van der Waals surface area contributed by atoms with E-state index >= 15 is 0 Å². The largest absolute Gasteiger partial charge is 0.350 e. The molecule has 3 aromatic rings. The van der Waals surface area contributed by atoms with Crippen LogP contribution in [0.3, 0.4) is 0 Å². The van der Waals surface area contributed by atoms with Crippen LogP contribution in [0.2, 0.25) is 0 Å². The smallest absolute Gasteiger partial charge is 0.163 e. The van der Waals surface area contributed by atoms with Crippen molar-refractivity contribution in [3.63, 3.8) is 0 Å². The van der Waals surface area contributed by atoms with Gasteiger partial charge >= 0.3 is 0 Å². The molecule has 0 N–H and O–H groups in total.